The fraction of sp³-hybridized carbons (Fsp3) is 0.125. The fourth-order valence-electron chi connectivity index (χ4n) is 3.58. The van der Waals surface area contributed by atoms with Gasteiger partial charge < -0.3 is 5.32 Å². The lowest BCUT2D eigenvalue weighted by atomic mass is 10.00. The highest BCUT2D eigenvalue weighted by atomic mass is 19.1. The van der Waals surface area contributed by atoms with Crippen LogP contribution in [0.3, 0.4) is 0 Å². The van der Waals surface area contributed by atoms with Gasteiger partial charge in [0.05, 0.1) is 28.7 Å². The van der Waals surface area contributed by atoms with Crippen LogP contribution >= 0.6 is 0 Å². The Labute approximate surface area is 173 Å². The van der Waals surface area contributed by atoms with E-state index in [1.165, 1.54) is 19.1 Å². The van der Waals surface area contributed by atoms with E-state index >= 15 is 0 Å². The maximum atomic E-state index is 13.5. The maximum Gasteiger partial charge on any atom is 0.217 e. The van der Waals surface area contributed by atoms with Gasteiger partial charge in [-0.2, -0.15) is 5.26 Å². The van der Waals surface area contributed by atoms with Crippen LogP contribution in [0.1, 0.15) is 31.0 Å². The van der Waals surface area contributed by atoms with Crippen LogP contribution in [-0.4, -0.2) is 15.5 Å². The van der Waals surface area contributed by atoms with Crippen molar-refractivity contribution in [2.45, 2.75) is 19.9 Å². The monoisotopic (exact) mass is 398 g/mol. The molecule has 0 aliphatic heterocycles. The van der Waals surface area contributed by atoms with Crippen molar-refractivity contribution < 1.29 is 9.18 Å². The van der Waals surface area contributed by atoms with Gasteiger partial charge in [-0.1, -0.05) is 24.3 Å². The molecule has 1 heterocycles. The van der Waals surface area contributed by atoms with E-state index in [4.69, 9.17) is 0 Å². The molecular weight excluding hydrogens is 379 g/mol. The number of hydrogen-bond donors (Lipinski definition) is 1. The minimum atomic E-state index is -0.434. The molecule has 0 fully saturated rings. The number of nitrogens with zero attached hydrogens (tertiary/aromatic N) is 3. The van der Waals surface area contributed by atoms with Crippen LogP contribution < -0.4 is 5.32 Å². The summed E-state index contributed by atoms with van der Waals surface area (Å²) in [7, 11) is 0. The highest BCUT2D eigenvalue weighted by Crippen LogP contribution is 2.28. The first-order valence-corrected chi connectivity index (χ1v) is 9.51. The van der Waals surface area contributed by atoms with Crippen molar-refractivity contribution in [1.29, 1.82) is 5.26 Å². The first kappa shape index (κ1) is 19.3. The Hall–Kier alpha value is -3.98. The van der Waals surface area contributed by atoms with Crippen molar-refractivity contribution >= 4 is 16.9 Å². The van der Waals surface area contributed by atoms with Gasteiger partial charge in [-0.15, -0.1) is 0 Å². The average molecular weight is 398 g/mol. The van der Waals surface area contributed by atoms with E-state index in [2.05, 4.69) is 16.4 Å². The summed E-state index contributed by atoms with van der Waals surface area (Å²) in [6.07, 6.45) is 1.74. The molecule has 1 atom stereocenters. The van der Waals surface area contributed by atoms with Gasteiger partial charge in [0.2, 0.25) is 5.91 Å². The molecule has 0 radical (unpaired) electrons. The van der Waals surface area contributed by atoms with Gasteiger partial charge in [-0.3, -0.25) is 9.36 Å². The molecule has 6 heteroatoms. The number of carbonyl (C=O) groups excluding carboxylic acids is 1. The second-order valence-corrected chi connectivity index (χ2v) is 7.14. The molecule has 0 unspecified atom stereocenters. The lowest BCUT2D eigenvalue weighted by molar-refractivity contribution is -0.119. The van der Waals surface area contributed by atoms with E-state index < -0.39 is 5.82 Å². The normalized spacial score (nSPS) is 11.8. The third-order valence-electron chi connectivity index (χ3n) is 5.03. The van der Waals surface area contributed by atoms with Gasteiger partial charge in [-0.05, 0) is 60.0 Å². The van der Waals surface area contributed by atoms with Crippen LogP contribution in [0.5, 0.6) is 0 Å². The van der Waals surface area contributed by atoms with Gasteiger partial charge in [0, 0.05) is 12.6 Å². The smallest absolute Gasteiger partial charge is 0.217 e. The molecule has 0 aliphatic carbocycles. The summed E-state index contributed by atoms with van der Waals surface area (Å²) in [5, 5.41) is 12.2. The number of amides is 1. The van der Waals surface area contributed by atoms with Crippen molar-refractivity contribution in [3.8, 4) is 22.9 Å². The van der Waals surface area contributed by atoms with E-state index in [9.17, 15) is 14.4 Å². The number of rotatable bonds is 4. The Morgan fingerprint density at radius 3 is 2.77 bits per heavy atom. The predicted molar refractivity (Wildman–Crippen MR) is 113 cm³/mol. The van der Waals surface area contributed by atoms with Gasteiger partial charge in [0.25, 0.3) is 0 Å². The number of imidazole rings is 1. The van der Waals surface area contributed by atoms with E-state index in [0.29, 0.717) is 11.1 Å². The summed E-state index contributed by atoms with van der Waals surface area (Å²) < 4.78 is 15.5. The number of carbonyl (C=O) groups is 1. The summed E-state index contributed by atoms with van der Waals surface area (Å²) in [4.78, 5) is 15.8. The fourth-order valence-corrected chi connectivity index (χ4v) is 3.58. The molecule has 1 aromatic heterocycles. The SMILES string of the molecule is CC(=O)N[C@H](C)c1ccc2c(c1)ncn2-c1cccc(-c2ccc(F)cc2C#N)c1. The first-order valence-electron chi connectivity index (χ1n) is 9.51. The summed E-state index contributed by atoms with van der Waals surface area (Å²) >= 11 is 0. The van der Waals surface area contributed by atoms with Crippen molar-refractivity contribution in [2.24, 2.45) is 0 Å². The molecule has 4 rings (SSSR count). The number of benzene rings is 3. The Morgan fingerprint density at radius 1 is 1.17 bits per heavy atom. The molecule has 30 heavy (non-hydrogen) atoms. The zero-order valence-corrected chi connectivity index (χ0v) is 16.6. The number of nitriles is 1. The molecule has 4 aromatic rings. The minimum Gasteiger partial charge on any atom is -0.350 e. The quantitative estimate of drug-likeness (QED) is 0.531. The standard InChI is InChI=1S/C24H19FN4O/c1-15(28-16(2)30)17-6-9-24-23(12-17)27-14-29(24)21-5-3-4-18(11-21)22-8-7-20(25)10-19(22)13-26/h3-12,14-15H,1-2H3,(H,28,30)/t15-/m1/s1. The maximum absolute atomic E-state index is 13.5. The minimum absolute atomic E-state index is 0.0810. The van der Waals surface area contributed by atoms with Crippen LogP contribution in [0.2, 0.25) is 0 Å². The first-order chi connectivity index (χ1) is 14.5. The van der Waals surface area contributed by atoms with Gasteiger partial charge >= 0.3 is 0 Å². The van der Waals surface area contributed by atoms with Crippen LogP contribution in [-0.2, 0) is 4.79 Å². The number of nitrogens with one attached hydrogen (secondary N) is 1. The molecule has 0 saturated heterocycles. The molecule has 5 nitrogen and oxygen atoms in total. The Kier molecular flexibility index (Phi) is 5.03. The lowest BCUT2D eigenvalue weighted by Crippen LogP contribution is -2.23. The Morgan fingerprint density at radius 2 is 2.00 bits per heavy atom. The van der Waals surface area contributed by atoms with Crippen LogP contribution in [0.25, 0.3) is 27.8 Å². The lowest BCUT2D eigenvalue weighted by Gasteiger charge is -2.13. The van der Waals surface area contributed by atoms with Gasteiger partial charge in [0.1, 0.15) is 12.1 Å². The Bertz CT molecular complexity index is 1300. The molecule has 0 spiro atoms. The zero-order chi connectivity index (χ0) is 21.3. The summed E-state index contributed by atoms with van der Waals surface area (Å²) in [6, 6.07) is 19.8. The Balaban J connectivity index is 1.74. The summed E-state index contributed by atoms with van der Waals surface area (Å²) in [5.41, 5.74) is 5.38. The van der Waals surface area contributed by atoms with Crippen molar-refractivity contribution in [1.82, 2.24) is 14.9 Å². The number of fused-ring (bicyclic) bond motifs is 1. The summed E-state index contributed by atoms with van der Waals surface area (Å²) in [5.74, 6) is -0.515. The molecule has 0 aliphatic rings. The highest BCUT2D eigenvalue weighted by molar-refractivity contribution is 5.80. The van der Waals surface area contributed by atoms with E-state index in [1.54, 1.807) is 12.4 Å². The number of hydrogen-bond acceptors (Lipinski definition) is 3. The molecule has 148 valence electrons. The molecule has 0 bridgehead atoms. The van der Waals surface area contributed by atoms with Crippen molar-refractivity contribution in [2.75, 3.05) is 0 Å². The molecule has 3 aromatic carbocycles. The second kappa shape index (κ2) is 7.80. The third kappa shape index (κ3) is 3.65. The van der Waals surface area contributed by atoms with Crippen molar-refractivity contribution in [3.63, 3.8) is 0 Å². The molecule has 1 N–H and O–H groups in total. The number of aromatic nitrogens is 2. The predicted octanol–water partition coefficient (Wildman–Crippen LogP) is 4.90. The molecular formula is C24H19FN4O. The van der Waals surface area contributed by atoms with E-state index in [-0.39, 0.29) is 11.9 Å². The van der Waals surface area contributed by atoms with Crippen LogP contribution in [0, 0.1) is 17.1 Å². The topological polar surface area (TPSA) is 70.7 Å². The molecule has 1 amide bonds. The van der Waals surface area contributed by atoms with E-state index in [1.807, 2.05) is 54.0 Å². The molecule has 0 saturated carbocycles. The van der Waals surface area contributed by atoms with Crippen molar-refractivity contribution in [3.05, 3.63) is 83.9 Å². The summed E-state index contributed by atoms with van der Waals surface area (Å²) in [6.45, 7) is 3.42. The zero-order valence-electron chi connectivity index (χ0n) is 16.6. The second-order valence-electron chi connectivity index (χ2n) is 7.14. The van der Waals surface area contributed by atoms with Crippen LogP contribution in [0.15, 0.2) is 67.0 Å². The largest absolute Gasteiger partial charge is 0.350 e. The van der Waals surface area contributed by atoms with E-state index in [0.717, 1.165) is 27.8 Å². The third-order valence-corrected chi connectivity index (χ3v) is 5.03. The highest BCUT2D eigenvalue weighted by Gasteiger charge is 2.12. The van der Waals surface area contributed by atoms with Crippen LogP contribution in [0.4, 0.5) is 4.39 Å². The number of halogens is 1. The van der Waals surface area contributed by atoms with Gasteiger partial charge in [0.15, 0.2) is 0 Å². The van der Waals surface area contributed by atoms with Gasteiger partial charge in [-0.25, -0.2) is 9.37 Å². The average Bonchev–Trinajstić information content (AvgIpc) is 3.16.